The Balaban J connectivity index is 0.0000000980. The Morgan fingerprint density at radius 3 is 1.38 bits per heavy atom. The number of fused-ring (bicyclic) bond motifs is 22. The summed E-state index contributed by atoms with van der Waals surface area (Å²) in [6, 6.07) is 84.4. The van der Waals surface area contributed by atoms with Crippen molar-refractivity contribution in [2.45, 2.75) is 26.2 Å². The summed E-state index contributed by atoms with van der Waals surface area (Å²) in [6.07, 6.45) is 13.1. The van der Waals surface area contributed by atoms with E-state index in [4.69, 9.17) is 25.7 Å². The Bertz CT molecular complexity index is 7860. The third-order valence-corrected chi connectivity index (χ3v) is 22.8. The Morgan fingerprint density at radius 1 is 0.364 bits per heavy atom. The maximum atomic E-state index is 11.3. The van der Waals surface area contributed by atoms with Crippen molar-refractivity contribution in [2.75, 3.05) is 23.7 Å². The molecule has 11 heterocycles. The van der Waals surface area contributed by atoms with Crippen LogP contribution in [0.3, 0.4) is 0 Å². The summed E-state index contributed by atoms with van der Waals surface area (Å²) in [6.45, 7) is 4.43. The molecule has 0 amide bonds. The van der Waals surface area contributed by atoms with E-state index in [1.54, 1.807) is 42.7 Å². The Hall–Kier alpha value is -16.1. The fourth-order valence-corrected chi connectivity index (χ4v) is 17.3. The normalized spacial score (nSPS) is 12.4. The molecule has 0 radical (unpaired) electrons. The number of piperidine rings is 1. The topological polar surface area (TPSA) is 319 Å². The molecule has 23 aromatic rings. The second kappa shape index (κ2) is 28.5. The van der Waals surface area contributed by atoms with Gasteiger partial charge in [0, 0.05) is 184 Å². The highest BCUT2D eigenvalue weighted by molar-refractivity contribution is 6.27. The van der Waals surface area contributed by atoms with Gasteiger partial charge in [0.15, 0.2) is 0 Å². The zero-order valence-electron chi connectivity index (χ0n) is 63.4. The molecule has 0 aliphatic carbocycles. The van der Waals surface area contributed by atoms with E-state index < -0.39 is 0 Å². The van der Waals surface area contributed by atoms with Gasteiger partial charge >= 0.3 is 0 Å². The number of para-hydroxylation sites is 1. The van der Waals surface area contributed by atoms with Crippen LogP contribution < -0.4 is 10.6 Å². The number of nitrogens with one attached hydrogen (secondary N) is 8. The van der Waals surface area contributed by atoms with E-state index in [0.29, 0.717) is 11.6 Å². The molecular weight excluding hydrogens is 1470 g/mol. The molecule has 1 fully saturated rings. The van der Waals surface area contributed by atoms with Crippen LogP contribution in [0, 0.1) is 27.2 Å². The lowest BCUT2D eigenvalue weighted by molar-refractivity contribution is -0.384. The minimum absolute atomic E-state index is 0.0509. The summed E-state index contributed by atoms with van der Waals surface area (Å²) in [5.41, 5.74) is 26.6. The van der Waals surface area contributed by atoms with Crippen LogP contribution in [0.25, 0.3) is 210 Å². The molecular formula is C96H70N18O4. The van der Waals surface area contributed by atoms with Crippen LogP contribution in [0.15, 0.2) is 286 Å². The van der Waals surface area contributed by atoms with Gasteiger partial charge < -0.3 is 50.5 Å². The Kier molecular flexibility index (Phi) is 16.9. The summed E-state index contributed by atoms with van der Waals surface area (Å²) < 4.78 is 0. The van der Waals surface area contributed by atoms with Gasteiger partial charge in [-0.1, -0.05) is 164 Å². The fourth-order valence-electron chi connectivity index (χ4n) is 17.3. The second-order valence-electron chi connectivity index (χ2n) is 29.7. The summed E-state index contributed by atoms with van der Waals surface area (Å²) >= 11 is 0. The van der Waals surface area contributed by atoms with E-state index in [1.807, 2.05) is 104 Å². The minimum Gasteiger partial charge on any atom is -0.399 e. The van der Waals surface area contributed by atoms with Gasteiger partial charge in [0.25, 0.3) is 11.4 Å². The van der Waals surface area contributed by atoms with Gasteiger partial charge in [-0.25, -0.2) is 29.9 Å². The molecule has 10 aromatic heterocycles. The number of aromatic amines is 8. The van der Waals surface area contributed by atoms with Crippen molar-refractivity contribution < 1.29 is 9.85 Å². The number of pyridine rings is 2. The Labute approximate surface area is 669 Å². The summed E-state index contributed by atoms with van der Waals surface area (Å²) in [4.78, 5) is 80.1. The van der Waals surface area contributed by atoms with Gasteiger partial charge in [0.2, 0.25) is 0 Å². The number of imidazole rings is 4. The summed E-state index contributed by atoms with van der Waals surface area (Å²) in [5, 5.41) is 39.4. The minimum atomic E-state index is -0.379. The molecule has 0 unspecified atom stereocenters. The number of aromatic nitrogens is 14. The lowest BCUT2D eigenvalue weighted by atomic mass is 9.99. The number of nitro benzene ring substituents is 2. The van der Waals surface area contributed by atoms with Crippen molar-refractivity contribution in [2.24, 2.45) is 0 Å². The number of rotatable bonds is 9. The molecule has 0 spiro atoms. The van der Waals surface area contributed by atoms with Crippen LogP contribution in [0.4, 0.5) is 22.7 Å². The molecule has 118 heavy (non-hydrogen) atoms. The summed E-state index contributed by atoms with van der Waals surface area (Å²) in [7, 11) is 0. The highest BCUT2D eigenvalue weighted by Gasteiger charge is 2.25. The number of nitro groups is 2. The highest BCUT2D eigenvalue weighted by Crippen LogP contribution is 2.44. The molecule has 22 heteroatoms. The first-order valence-electron chi connectivity index (χ1n) is 39.1. The highest BCUT2D eigenvalue weighted by atomic mass is 16.6. The van der Waals surface area contributed by atoms with Crippen molar-refractivity contribution in [3.63, 3.8) is 0 Å². The number of anilines is 2. The zero-order valence-corrected chi connectivity index (χ0v) is 63.4. The van der Waals surface area contributed by atoms with Crippen LogP contribution in [0.2, 0.25) is 0 Å². The van der Waals surface area contributed by atoms with E-state index >= 15 is 0 Å². The molecule has 22 nitrogen and oxygen atoms in total. The molecule has 24 rings (SSSR count). The molecule has 1 aliphatic rings. The quantitative estimate of drug-likeness (QED) is 0.0282. The van der Waals surface area contributed by atoms with Gasteiger partial charge in [0.1, 0.15) is 34.6 Å². The summed E-state index contributed by atoms with van der Waals surface area (Å²) in [5.74, 6) is 3.11. The molecule has 0 saturated carbocycles. The monoisotopic (exact) mass is 1540 g/mol. The van der Waals surface area contributed by atoms with Crippen LogP contribution in [-0.2, 0) is 0 Å². The maximum Gasteiger partial charge on any atom is 0.270 e. The van der Waals surface area contributed by atoms with Crippen molar-refractivity contribution in [3.05, 3.63) is 312 Å². The third kappa shape index (κ3) is 12.0. The van der Waals surface area contributed by atoms with Crippen molar-refractivity contribution in [3.8, 4) is 68.1 Å². The van der Waals surface area contributed by atoms with Crippen LogP contribution >= 0.6 is 0 Å². The molecule has 10 N–H and O–H groups in total. The van der Waals surface area contributed by atoms with Gasteiger partial charge in [-0.2, -0.15) is 0 Å². The van der Waals surface area contributed by atoms with Crippen molar-refractivity contribution in [1.29, 1.82) is 0 Å². The molecule has 0 atom stereocenters. The third-order valence-electron chi connectivity index (χ3n) is 22.8. The van der Waals surface area contributed by atoms with E-state index in [2.05, 4.69) is 195 Å². The first kappa shape index (κ1) is 69.8. The molecule has 0 bridgehead atoms. The van der Waals surface area contributed by atoms with E-state index in [-0.39, 0.29) is 21.2 Å². The van der Waals surface area contributed by atoms with Crippen LogP contribution in [0.1, 0.15) is 25.0 Å². The van der Waals surface area contributed by atoms with Gasteiger partial charge in [-0.05, 0) is 125 Å². The average molecular weight is 1540 g/mol. The molecule has 13 aromatic carbocycles. The molecule has 1 saturated heterocycles. The predicted octanol–water partition coefficient (Wildman–Crippen LogP) is 23.4. The molecule has 568 valence electrons. The lowest BCUT2D eigenvalue weighted by Crippen LogP contribution is -2.29. The fraction of sp³-hybridized carbons (Fsp3) is 0.0625. The predicted molar refractivity (Wildman–Crippen MR) is 476 cm³/mol. The largest absolute Gasteiger partial charge is 0.399 e. The van der Waals surface area contributed by atoms with Crippen molar-refractivity contribution >= 4 is 164 Å². The smallest absolute Gasteiger partial charge is 0.270 e. The van der Waals surface area contributed by atoms with Crippen molar-refractivity contribution in [1.82, 2.24) is 69.8 Å². The van der Waals surface area contributed by atoms with Crippen LogP contribution in [-0.4, -0.2) is 92.7 Å². The van der Waals surface area contributed by atoms with E-state index in [9.17, 15) is 20.2 Å². The SMILES string of the molecule is Cc1[nH]c2ccccc2c1-c1nc(-c2ccccc2)c(-c2ccc(N3CCCCC3)cc2)[nH]1.Nc1ccc2c3ccccc3c3[nH]c(-c4c[nH]c5ncccc45)nc3c2c1.O=[N+]([O-])c1ccc2[nH]cc(-c3nc4c5ccccc5c5ccccc5c4[nH]3)c2c1.O=[N+]([O-])c1ccc2c3ccccc3c3[nH]c(-c4c[nH]c5ncccc45)nc3c2c1. The number of aryl methyl sites for hydroxylation is 1. The number of nitrogens with zero attached hydrogens (tertiary/aromatic N) is 9. The van der Waals surface area contributed by atoms with E-state index in [1.165, 1.54) is 47.2 Å². The number of nitrogen functional groups attached to an aromatic ring is 1. The number of H-pyrrole nitrogens is 8. The number of benzene rings is 13. The van der Waals surface area contributed by atoms with Gasteiger partial charge in [-0.3, -0.25) is 20.2 Å². The number of non-ortho nitro benzene ring substituents is 2. The van der Waals surface area contributed by atoms with Gasteiger partial charge in [-0.15, -0.1) is 0 Å². The second-order valence-corrected chi connectivity index (χ2v) is 29.7. The Morgan fingerprint density at radius 2 is 0.814 bits per heavy atom. The lowest BCUT2D eigenvalue weighted by Gasteiger charge is -2.28. The number of hydrogen-bond donors (Lipinski definition) is 9. The zero-order chi connectivity index (χ0) is 79.2. The molecule has 1 aliphatic heterocycles. The first-order chi connectivity index (χ1) is 58.0. The van der Waals surface area contributed by atoms with Crippen LogP contribution in [0.5, 0.6) is 0 Å². The standard InChI is InChI=1S/C29H28N4.C23H14N4O2.C22H13N5O2.C22H15N5/c1-20-26(24-12-6-7-13-25(24)30-20)29-31-27(21-10-4-2-5-11-21)28(32-29)22-14-16-23(17-15-22)33-18-8-3-9-19-33;28-27(29)13-9-10-20-18(11-13)19(12-24-20)23-25-21-16-7-3-1-5-14(16)15-6-2-4-8-17(15)22(21)26-23;28-27(29)12-7-8-14-13-4-1-2-5-15(13)19-20(17(14)10-12)26-22(25-19)18-11-24-21-16(18)6-3-9-23-21;23-12-7-8-14-13-4-1-2-5-15(13)19-20(17(14)10-12)27-22(26-19)18-11-25-21-16(18)6-3-9-24-21/h2,4-7,10-17,30H,3,8-9,18-19H2,1H3,(H,31,32);1-12,24H,(H,25,26);1-11H,(H,23,24)(H,25,26);1-11H,23H2,(H,24,25)(H,26,27). The number of nitrogens with two attached hydrogens (primary N) is 1. The van der Waals surface area contributed by atoms with Gasteiger partial charge in [0.05, 0.1) is 54.3 Å². The number of hydrogen-bond acceptors (Lipinski definition) is 12. The average Bonchev–Trinajstić information content (AvgIpc) is 1.51. The van der Waals surface area contributed by atoms with E-state index in [0.717, 1.165) is 206 Å². The first-order valence-corrected chi connectivity index (χ1v) is 39.1. The maximum absolute atomic E-state index is 11.3.